The Kier molecular flexibility index (Phi) is 2.13. The topological polar surface area (TPSA) is 49.3 Å². The molecular formula is C13H15NO2. The molecule has 2 unspecified atom stereocenters. The number of fused-ring (bicyclic) bond motifs is 1. The molecular weight excluding hydrogens is 202 g/mol. The van der Waals surface area contributed by atoms with Gasteiger partial charge in [0.15, 0.2) is 0 Å². The molecule has 3 heteroatoms. The normalized spacial score (nSPS) is 26.0. The van der Waals surface area contributed by atoms with Gasteiger partial charge in [0.05, 0.1) is 5.92 Å². The van der Waals surface area contributed by atoms with Crippen molar-refractivity contribution in [3.63, 3.8) is 0 Å². The SMILES string of the molecule is O=C(O)C1CC1Cc1ccc2c(c1)CCN2. The van der Waals surface area contributed by atoms with Crippen LogP contribution in [-0.4, -0.2) is 17.6 Å². The zero-order chi connectivity index (χ0) is 11.1. The Bertz CT molecular complexity index is 442. The first-order valence-electron chi connectivity index (χ1n) is 5.82. The summed E-state index contributed by atoms with van der Waals surface area (Å²) in [5.74, 6) is -0.357. The van der Waals surface area contributed by atoms with E-state index in [9.17, 15) is 4.79 Å². The van der Waals surface area contributed by atoms with Gasteiger partial charge in [0, 0.05) is 12.2 Å². The van der Waals surface area contributed by atoms with Crippen LogP contribution in [0.5, 0.6) is 0 Å². The van der Waals surface area contributed by atoms with Crippen molar-refractivity contribution in [3.05, 3.63) is 29.3 Å². The van der Waals surface area contributed by atoms with Gasteiger partial charge in [0.2, 0.25) is 0 Å². The van der Waals surface area contributed by atoms with E-state index in [-0.39, 0.29) is 5.92 Å². The molecule has 0 amide bonds. The number of carboxylic acid groups (broad SMARTS) is 1. The Labute approximate surface area is 94.5 Å². The third-order valence-electron chi connectivity index (χ3n) is 3.62. The monoisotopic (exact) mass is 217 g/mol. The van der Waals surface area contributed by atoms with E-state index < -0.39 is 5.97 Å². The zero-order valence-electron chi connectivity index (χ0n) is 9.07. The molecule has 1 aliphatic carbocycles. The van der Waals surface area contributed by atoms with E-state index >= 15 is 0 Å². The van der Waals surface area contributed by atoms with Crippen LogP contribution in [0.2, 0.25) is 0 Å². The average Bonchev–Trinajstić information content (AvgIpc) is 2.87. The second kappa shape index (κ2) is 3.51. The lowest BCUT2D eigenvalue weighted by Gasteiger charge is -2.04. The van der Waals surface area contributed by atoms with Crippen molar-refractivity contribution in [1.29, 1.82) is 0 Å². The summed E-state index contributed by atoms with van der Waals surface area (Å²) >= 11 is 0. The molecule has 0 spiro atoms. The standard InChI is InChI=1S/C13H15NO2/c15-13(16)11-7-10(11)6-8-1-2-12-9(5-8)3-4-14-12/h1-2,5,10-11,14H,3-4,6-7H2,(H,15,16). The molecule has 3 rings (SSSR count). The molecule has 1 fully saturated rings. The number of hydrogen-bond donors (Lipinski definition) is 2. The highest BCUT2D eigenvalue weighted by Gasteiger charge is 2.42. The maximum absolute atomic E-state index is 10.7. The predicted molar refractivity (Wildman–Crippen MR) is 61.6 cm³/mol. The summed E-state index contributed by atoms with van der Waals surface area (Å²) < 4.78 is 0. The second-order valence-corrected chi connectivity index (χ2v) is 4.81. The van der Waals surface area contributed by atoms with Gasteiger partial charge in [-0.05, 0) is 42.4 Å². The second-order valence-electron chi connectivity index (χ2n) is 4.81. The Morgan fingerprint density at radius 1 is 1.50 bits per heavy atom. The van der Waals surface area contributed by atoms with E-state index in [0.29, 0.717) is 5.92 Å². The summed E-state index contributed by atoms with van der Waals surface area (Å²) in [6.07, 6.45) is 2.87. The van der Waals surface area contributed by atoms with Crippen LogP contribution in [0.25, 0.3) is 0 Å². The van der Waals surface area contributed by atoms with E-state index in [0.717, 1.165) is 25.8 Å². The average molecular weight is 217 g/mol. The van der Waals surface area contributed by atoms with Gasteiger partial charge in [-0.15, -0.1) is 0 Å². The minimum absolute atomic E-state index is 0.0913. The van der Waals surface area contributed by atoms with Crippen molar-refractivity contribution >= 4 is 11.7 Å². The van der Waals surface area contributed by atoms with Crippen LogP contribution in [0, 0.1) is 11.8 Å². The summed E-state index contributed by atoms with van der Waals surface area (Å²) in [6, 6.07) is 6.47. The molecule has 84 valence electrons. The molecule has 1 saturated carbocycles. The summed E-state index contributed by atoms with van der Waals surface area (Å²) in [5, 5.41) is 12.2. The molecule has 2 atom stereocenters. The fourth-order valence-electron chi connectivity index (χ4n) is 2.56. The third kappa shape index (κ3) is 1.66. The van der Waals surface area contributed by atoms with Gasteiger partial charge in [-0.3, -0.25) is 4.79 Å². The van der Waals surface area contributed by atoms with Crippen molar-refractivity contribution in [1.82, 2.24) is 0 Å². The van der Waals surface area contributed by atoms with Crippen molar-refractivity contribution in [2.24, 2.45) is 11.8 Å². The molecule has 0 saturated heterocycles. The molecule has 1 heterocycles. The van der Waals surface area contributed by atoms with E-state index in [4.69, 9.17) is 5.11 Å². The van der Waals surface area contributed by atoms with Gasteiger partial charge in [0.25, 0.3) is 0 Å². The summed E-state index contributed by atoms with van der Waals surface area (Å²) in [6.45, 7) is 1.03. The quantitative estimate of drug-likeness (QED) is 0.813. The molecule has 2 aliphatic rings. The molecule has 16 heavy (non-hydrogen) atoms. The van der Waals surface area contributed by atoms with E-state index in [1.807, 2.05) is 0 Å². The molecule has 0 aromatic heterocycles. The minimum atomic E-state index is -0.632. The van der Waals surface area contributed by atoms with Crippen molar-refractivity contribution in [2.45, 2.75) is 19.3 Å². The minimum Gasteiger partial charge on any atom is -0.481 e. The van der Waals surface area contributed by atoms with E-state index in [2.05, 4.69) is 23.5 Å². The summed E-state index contributed by atoms with van der Waals surface area (Å²) in [5.41, 5.74) is 3.91. The van der Waals surface area contributed by atoms with Gasteiger partial charge in [-0.25, -0.2) is 0 Å². The largest absolute Gasteiger partial charge is 0.481 e. The number of nitrogens with one attached hydrogen (secondary N) is 1. The molecule has 0 radical (unpaired) electrons. The molecule has 0 bridgehead atoms. The van der Waals surface area contributed by atoms with Crippen molar-refractivity contribution in [3.8, 4) is 0 Å². The van der Waals surface area contributed by atoms with Crippen molar-refractivity contribution < 1.29 is 9.90 Å². The predicted octanol–water partition coefficient (Wildman–Crippen LogP) is 1.92. The Hall–Kier alpha value is -1.51. The highest BCUT2D eigenvalue weighted by molar-refractivity contribution is 5.73. The molecule has 3 nitrogen and oxygen atoms in total. The first-order valence-corrected chi connectivity index (χ1v) is 5.82. The lowest BCUT2D eigenvalue weighted by molar-refractivity contribution is -0.138. The number of anilines is 1. The lowest BCUT2D eigenvalue weighted by atomic mass is 10.0. The maximum atomic E-state index is 10.7. The van der Waals surface area contributed by atoms with Crippen LogP contribution >= 0.6 is 0 Å². The van der Waals surface area contributed by atoms with Gasteiger partial charge in [-0.2, -0.15) is 0 Å². The Balaban J connectivity index is 1.70. The number of aliphatic carboxylic acids is 1. The first-order chi connectivity index (χ1) is 7.74. The molecule has 1 aliphatic heterocycles. The van der Waals surface area contributed by atoms with Crippen LogP contribution in [0.1, 0.15) is 17.5 Å². The number of benzene rings is 1. The molecule has 1 aromatic rings. The number of rotatable bonds is 3. The van der Waals surface area contributed by atoms with Crippen molar-refractivity contribution in [2.75, 3.05) is 11.9 Å². The van der Waals surface area contributed by atoms with Gasteiger partial charge < -0.3 is 10.4 Å². The van der Waals surface area contributed by atoms with Gasteiger partial charge in [0.1, 0.15) is 0 Å². The Morgan fingerprint density at radius 2 is 2.38 bits per heavy atom. The van der Waals surface area contributed by atoms with Gasteiger partial charge in [-0.1, -0.05) is 12.1 Å². The van der Waals surface area contributed by atoms with E-state index in [1.54, 1.807) is 0 Å². The third-order valence-corrected chi connectivity index (χ3v) is 3.62. The lowest BCUT2D eigenvalue weighted by Crippen LogP contribution is -2.01. The molecule has 1 aromatic carbocycles. The van der Waals surface area contributed by atoms with Gasteiger partial charge >= 0.3 is 5.97 Å². The van der Waals surface area contributed by atoms with Crippen LogP contribution in [0.3, 0.4) is 0 Å². The fraction of sp³-hybridized carbons (Fsp3) is 0.462. The number of hydrogen-bond acceptors (Lipinski definition) is 2. The zero-order valence-corrected chi connectivity index (χ0v) is 9.07. The Morgan fingerprint density at radius 3 is 3.12 bits per heavy atom. The number of carbonyl (C=O) groups is 1. The first kappa shape index (κ1) is 9.70. The van der Waals surface area contributed by atoms with Crippen LogP contribution in [-0.2, 0) is 17.6 Å². The highest BCUT2D eigenvalue weighted by atomic mass is 16.4. The smallest absolute Gasteiger partial charge is 0.306 e. The van der Waals surface area contributed by atoms with Crippen LogP contribution in [0.15, 0.2) is 18.2 Å². The van der Waals surface area contributed by atoms with Crippen LogP contribution in [0.4, 0.5) is 5.69 Å². The molecule has 2 N–H and O–H groups in total. The number of carboxylic acids is 1. The van der Waals surface area contributed by atoms with E-state index in [1.165, 1.54) is 16.8 Å². The summed E-state index contributed by atoms with van der Waals surface area (Å²) in [4.78, 5) is 10.7. The fourth-order valence-corrected chi connectivity index (χ4v) is 2.56. The maximum Gasteiger partial charge on any atom is 0.306 e. The van der Waals surface area contributed by atoms with Crippen LogP contribution < -0.4 is 5.32 Å². The summed E-state index contributed by atoms with van der Waals surface area (Å²) in [7, 11) is 0. The highest BCUT2D eigenvalue weighted by Crippen LogP contribution is 2.41.